The summed E-state index contributed by atoms with van der Waals surface area (Å²) in [4.78, 5) is 3.36. The van der Waals surface area contributed by atoms with Crippen LogP contribution in [0.4, 0.5) is 4.39 Å². The van der Waals surface area contributed by atoms with E-state index in [1.807, 2.05) is 0 Å². The molecule has 0 unspecified atom stereocenters. The van der Waals surface area contributed by atoms with Crippen molar-refractivity contribution < 1.29 is 4.39 Å². The van der Waals surface area contributed by atoms with Gasteiger partial charge in [-0.15, -0.1) is 0 Å². The maximum atomic E-state index is 12.5. The smallest absolute Gasteiger partial charge is 0.214 e. The zero-order valence-electron chi connectivity index (χ0n) is 6.01. The maximum Gasteiger partial charge on any atom is 0.214 e. The van der Waals surface area contributed by atoms with Crippen LogP contribution in [0, 0.1) is 17.8 Å². The summed E-state index contributed by atoms with van der Waals surface area (Å²) < 4.78 is 12.5. The zero-order valence-corrected chi connectivity index (χ0v) is 7.66. The second kappa shape index (κ2) is 4.34. The third-order valence-electron chi connectivity index (χ3n) is 1.12. The Morgan fingerprint density at radius 3 is 3.08 bits per heavy atom. The highest BCUT2D eigenvalue weighted by atomic mass is 35.5. The lowest BCUT2D eigenvalue weighted by Crippen LogP contribution is -1.85. The largest absolute Gasteiger partial charge is 0.227 e. The van der Waals surface area contributed by atoms with Gasteiger partial charge in [-0.1, -0.05) is 23.4 Å². The topological polar surface area (TPSA) is 12.9 Å². The molecule has 1 aromatic heterocycles. The molecule has 0 saturated heterocycles. The third kappa shape index (κ3) is 2.40. The lowest BCUT2D eigenvalue weighted by molar-refractivity contribution is 0.583. The van der Waals surface area contributed by atoms with Crippen molar-refractivity contribution in [3.8, 4) is 11.8 Å². The highest BCUT2D eigenvalue weighted by Crippen LogP contribution is 2.13. The van der Waals surface area contributed by atoms with Crippen molar-refractivity contribution >= 4 is 24.2 Å². The van der Waals surface area contributed by atoms with E-state index in [9.17, 15) is 4.39 Å². The zero-order chi connectivity index (χ0) is 8.97. The molecular formula is C8H5ClFNS. The molecule has 0 radical (unpaired) electrons. The van der Waals surface area contributed by atoms with E-state index in [0.29, 0.717) is 16.3 Å². The number of nitrogens with zero attached hydrogens (tertiary/aromatic N) is 1. The maximum absolute atomic E-state index is 12.5. The summed E-state index contributed by atoms with van der Waals surface area (Å²) in [5, 5.41) is 0.352. The summed E-state index contributed by atoms with van der Waals surface area (Å²) in [6, 6.07) is 1.19. The Kier molecular flexibility index (Phi) is 3.39. The number of hydrogen-bond acceptors (Lipinski definition) is 2. The molecular weight excluding hydrogens is 197 g/mol. The van der Waals surface area contributed by atoms with E-state index in [0.717, 1.165) is 0 Å². The molecule has 0 atom stereocenters. The average molecular weight is 202 g/mol. The lowest BCUT2D eigenvalue weighted by Gasteiger charge is -1.93. The Balaban J connectivity index is 3.05. The number of aromatic nitrogens is 1. The molecule has 0 aromatic carbocycles. The van der Waals surface area contributed by atoms with Crippen molar-refractivity contribution in [2.45, 2.75) is 0 Å². The Bertz CT molecular complexity index is 343. The van der Waals surface area contributed by atoms with E-state index >= 15 is 0 Å². The Labute approximate surface area is 80.4 Å². The van der Waals surface area contributed by atoms with Crippen LogP contribution < -0.4 is 0 Å². The lowest BCUT2D eigenvalue weighted by atomic mass is 10.3. The van der Waals surface area contributed by atoms with Gasteiger partial charge in [-0.25, -0.2) is 4.98 Å². The molecule has 0 fully saturated rings. The summed E-state index contributed by atoms with van der Waals surface area (Å²) in [5.74, 6) is 5.17. The Morgan fingerprint density at radius 1 is 1.67 bits per heavy atom. The van der Waals surface area contributed by atoms with Crippen molar-refractivity contribution in [1.29, 1.82) is 0 Å². The van der Waals surface area contributed by atoms with Crippen LogP contribution >= 0.6 is 24.2 Å². The van der Waals surface area contributed by atoms with Crippen LogP contribution in [0.3, 0.4) is 0 Å². The molecule has 12 heavy (non-hydrogen) atoms. The molecule has 0 aliphatic heterocycles. The van der Waals surface area contributed by atoms with Gasteiger partial charge in [0.25, 0.3) is 0 Å². The monoisotopic (exact) mass is 201 g/mol. The molecule has 1 heterocycles. The van der Waals surface area contributed by atoms with Crippen molar-refractivity contribution in [1.82, 2.24) is 4.98 Å². The second-order valence-electron chi connectivity index (χ2n) is 1.95. The van der Waals surface area contributed by atoms with Gasteiger partial charge < -0.3 is 0 Å². The molecule has 0 bridgehead atoms. The number of hydrogen-bond donors (Lipinski definition) is 1. The van der Waals surface area contributed by atoms with E-state index in [1.54, 1.807) is 0 Å². The summed E-state index contributed by atoms with van der Waals surface area (Å²) in [6.07, 6.45) is 1.24. The van der Waals surface area contributed by atoms with E-state index in [1.165, 1.54) is 12.3 Å². The standard InChI is InChI=1S/C8H5ClFNS/c9-7-5-11-8(10)4-6(7)2-1-3-12/h4-5,12H,3H2. The number of thiol groups is 1. The van der Waals surface area contributed by atoms with Gasteiger partial charge in [-0.05, 0) is 0 Å². The van der Waals surface area contributed by atoms with Crippen molar-refractivity contribution in [3.63, 3.8) is 0 Å². The van der Waals surface area contributed by atoms with Gasteiger partial charge in [-0.2, -0.15) is 17.0 Å². The van der Waals surface area contributed by atoms with Crippen LogP contribution in [0.15, 0.2) is 12.3 Å². The van der Waals surface area contributed by atoms with E-state index in [4.69, 9.17) is 11.6 Å². The minimum Gasteiger partial charge on any atom is -0.227 e. The predicted molar refractivity (Wildman–Crippen MR) is 49.9 cm³/mol. The number of rotatable bonds is 0. The minimum absolute atomic E-state index is 0.352. The van der Waals surface area contributed by atoms with Crippen molar-refractivity contribution in [2.75, 3.05) is 5.75 Å². The predicted octanol–water partition coefficient (Wildman–Crippen LogP) is 2.16. The van der Waals surface area contributed by atoms with Crippen molar-refractivity contribution in [2.24, 2.45) is 0 Å². The molecule has 1 aromatic rings. The van der Waals surface area contributed by atoms with Gasteiger partial charge in [-0.3, -0.25) is 0 Å². The first-order chi connectivity index (χ1) is 5.74. The first-order valence-electron chi connectivity index (χ1n) is 3.15. The SMILES string of the molecule is Fc1cc(C#CCS)c(Cl)cn1. The van der Waals surface area contributed by atoms with Gasteiger partial charge in [0.05, 0.1) is 10.8 Å². The molecule has 0 spiro atoms. The molecule has 0 aliphatic rings. The molecule has 0 N–H and O–H groups in total. The van der Waals surface area contributed by atoms with E-state index < -0.39 is 5.95 Å². The average Bonchev–Trinajstić information content (AvgIpc) is 2.07. The summed E-state index contributed by atoms with van der Waals surface area (Å²) in [5.41, 5.74) is 0.443. The van der Waals surface area contributed by atoms with E-state index in [-0.39, 0.29) is 0 Å². The molecule has 1 nitrogen and oxygen atoms in total. The fourth-order valence-electron chi connectivity index (χ4n) is 0.644. The molecule has 0 amide bonds. The first kappa shape index (κ1) is 9.37. The van der Waals surface area contributed by atoms with Gasteiger partial charge in [0.2, 0.25) is 5.95 Å². The quantitative estimate of drug-likeness (QED) is 0.386. The molecule has 0 aliphatic carbocycles. The van der Waals surface area contributed by atoms with Gasteiger partial charge >= 0.3 is 0 Å². The van der Waals surface area contributed by atoms with E-state index in [2.05, 4.69) is 29.5 Å². The van der Waals surface area contributed by atoms with Crippen LogP contribution in [0.2, 0.25) is 5.02 Å². The summed E-state index contributed by atoms with van der Waals surface area (Å²) in [6.45, 7) is 0. The molecule has 1 rings (SSSR count). The van der Waals surface area contributed by atoms with Crippen LogP contribution in [-0.2, 0) is 0 Å². The third-order valence-corrected chi connectivity index (χ3v) is 1.58. The Morgan fingerprint density at radius 2 is 2.42 bits per heavy atom. The van der Waals surface area contributed by atoms with Gasteiger partial charge in [0, 0.05) is 17.8 Å². The van der Waals surface area contributed by atoms with Crippen LogP contribution in [0.1, 0.15) is 5.56 Å². The first-order valence-corrected chi connectivity index (χ1v) is 4.16. The second-order valence-corrected chi connectivity index (χ2v) is 2.67. The van der Waals surface area contributed by atoms with Crippen LogP contribution in [0.5, 0.6) is 0 Å². The Hall–Kier alpha value is -0.720. The van der Waals surface area contributed by atoms with Crippen LogP contribution in [0.25, 0.3) is 0 Å². The molecule has 4 heteroatoms. The van der Waals surface area contributed by atoms with Crippen molar-refractivity contribution in [3.05, 3.63) is 28.8 Å². The highest BCUT2D eigenvalue weighted by molar-refractivity contribution is 7.80. The van der Waals surface area contributed by atoms with Gasteiger partial charge in [0.15, 0.2) is 0 Å². The number of halogens is 2. The highest BCUT2D eigenvalue weighted by Gasteiger charge is 1.98. The fraction of sp³-hybridized carbons (Fsp3) is 0.125. The summed E-state index contributed by atoms with van der Waals surface area (Å²) in [7, 11) is 0. The van der Waals surface area contributed by atoms with Gasteiger partial charge in [0.1, 0.15) is 0 Å². The normalized spacial score (nSPS) is 8.92. The molecule has 62 valence electrons. The number of pyridine rings is 1. The fourth-order valence-corrected chi connectivity index (χ4v) is 0.873. The van der Waals surface area contributed by atoms with Crippen LogP contribution in [-0.4, -0.2) is 10.7 Å². The molecule has 0 saturated carbocycles. The summed E-state index contributed by atoms with van der Waals surface area (Å²) >= 11 is 9.56. The minimum atomic E-state index is -0.581.